The zero-order valence-corrected chi connectivity index (χ0v) is 17.2. The molecular weight excluding hydrogens is 407 g/mol. The molecule has 0 saturated heterocycles. The van der Waals surface area contributed by atoms with E-state index in [1.807, 2.05) is 42.5 Å². The number of amides is 1. The number of carbonyl (C=O) groups excluding carboxylic acids is 1. The lowest BCUT2D eigenvalue weighted by molar-refractivity contribution is 0.0934. The number of hydrogen-bond acceptors (Lipinski definition) is 3. The number of H-pyrrole nitrogens is 1. The maximum Gasteiger partial charge on any atom is 0.274 e. The molecule has 158 valence electrons. The fraction of sp³-hybridized carbons (Fsp3) is 0.0800. The van der Waals surface area contributed by atoms with Crippen molar-refractivity contribution in [2.75, 3.05) is 0 Å². The maximum absolute atomic E-state index is 13.1. The van der Waals surface area contributed by atoms with Crippen LogP contribution in [0.5, 0.6) is 0 Å². The van der Waals surface area contributed by atoms with E-state index in [4.69, 9.17) is 0 Å². The van der Waals surface area contributed by atoms with Crippen LogP contribution in [0.3, 0.4) is 0 Å². The summed E-state index contributed by atoms with van der Waals surface area (Å²) in [5.74, 6) is -0.758. The highest BCUT2D eigenvalue weighted by Crippen LogP contribution is 2.22. The highest BCUT2D eigenvalue weighted by atomic mass is 19.1. The molecule has 0 aliphatic heterocycles. The molecule has 0 bridgehead atoms. The lowest BCUT2D eigenvalue weighted by Crippen LogP contribution is -2.27. The van der Waals surface area contributed by atoms with Gasteiger partial charge in [0.05, 0.1) is 17.9 Å². The fourth-order valence-electron chi connectivity index (χ4n) is 3.72. The smallest absolute Gasteiger partial charge is 0.274 e. The van der Waals surface area contributed by atoms with E-state index in [0.29, 0.717) is 5.69 Å². The van der Waals surface area contributed by atoms with Gasteiger partial charge in [-0.05, 0) is 41.5 Å². The number of carbonyl (C=O) groups is 1. The van der Waals surface area contributed by atoms with E-state index in [9.17, 15) is 14.0 Å². The van der Waals surface area contributed by atoms with Crippen molar-refractivity contribution in [3.8, 4) is 11.3 Å². The van der Waals surface area contributed by atoms with Gasteiger partial charge in [-0.3, -0.25) is 9.59 Å². The van der Waals surface area contributed by atoms with Gasteiger partial charge in [0, 0.05) is 11.6 Å². The molecule has 2 aromatic heterocycles. The summed E-state index contributed by atoms with van der Waals surface area (Å²) in [6.45, 7) is 1.80. The quantitative estimate of drug-likeness (QED) is 0.445. The molecule has 0 saturated carbocycles. The van der Waals surface area contributed by atoms with Crippen LogP contribution in [0, 0.1) is 5.82 Å². The second kappa shape index (κ2) is 7.77. The van der Waals surface area contributed by atoms with Gasteiger partial charge in [0.15, 0.2) is 5.69 Å². The fourth-order valence-corrected chi connectivity index (χ4v) is 3.72. The normalized spacial score (nSPS) is 12.2. The van der Waals surface area contributed by atoms with Crippen molar-refractivity contribution in [3.05, 3.63) is 106 Å². The van der Waals surface area contributed by atoms with Gasteiger partial charge < -0.3 is 10.3 Å². The molecule has 2 heterocycles. The van der Waals surface area contributed by atoms with Gasteiger partial charge >= 0.3 is 0 Å². The molecule has 0 radical (unpaired) electrons. The zero-order valence-electron chi connectivity index (χ0n) is 17.2. The van der Waals surface area contributed by atoms with E-state index in [2.05, 4.69) is 15.4 Å². The van der Waals surface area contributed by atoms with Crippen molar-refractivity contribution in [1.82, 2.24) is 19.9 Å². The average molecular weight is 426 g/mol. The molecule has 2 N–H and O–H groups in total. The van der Waals surface area contributed by atoms with Crippen LogP contribution in [0.1, 0.15) is 29.0 Å². The lowest BCUT2D eigenvalue weighted by atomic mass is 10.1. The standard InChI is InChI=1S/C25H19FN4O2/c1-15(16-8-10-20(26)11-9-16)27-24(31)21-13-23-25(32)28-22(14-30(23)29-21)19-7-6-17-4-2-3-5-18(17)12-19/h2-15H,1H3,(H,27,31)(H,28,32)/t15-/m1/s1. The van der Waals surface area contributed by atoms with Crippen LogP contribution in [-0.2, 0) is 0 Å². The predicted molar refractivity (Wildman–Crippen MR) is 121 cm³/mol. The number of nitrogens with zero attached hydrogens (tertiary/aromatic N) is 2. The second-order valence-corrected chi connectivity index (χ2v) is 7.66. The molecule has 0 unspecified atom stereocenters. The summed E-state index contributed by atoms with van der Waals surface area (Å²) in [5, 5.41) is 9.30. The van der Waals surface area contributed by atoms with Gasteiger partial charge in [0.25, 0.3) is 11.5 Å². The minimum atomic E-state index is -0.419. The Morgan fingerprint density at radius 1 is 1.03 bits per heavy atom. The topological polar surface area (TPSA) is 79.3 Å². The molecular formula is C25H19FN4O2. The van der Waals surface area contributed by atoms with E-state index in [-0.39, 0.29) is 28.6 Å². The van der Waals surface area contributed by atoms with Crippen molar-refractivity contribution in [2.45, 2.75) is 13.0 Å². The van der Waals surface area contributed by atoms with E-state index < -0.39 is 5.91 Å². The van der Waals surface area contributed by atoms with E-state index in [1.54, 1.807) is 25.3 Å². The summed E-state index contributed by atoms with van der Waals surface area (Å²) in [6, 6.07) is 20.9. The third kappa shape index (κ3) is 3.65. The first-order chi connectivity index (χ1) is 15.5. The first-order valence-corrected chi connectivity index (χ1v) is 10.2. The first kappa shape index (κ1) is 19.7. The molecule has 0 aliphatic carbocycles. The van der Waals surface area contributed by atoms with Crippen LogP contribution in [-0.4, -0.2) is 20.5 Å². The Morgan fingerprint density at radius 3 is 2.56 bits per heavy atom. The number of halogens is 1. The molecule has 6 nitrogen and oxygen atoms in total. The zero-order chi connectivity index (χ0) is 22.2. The van der Waals surface area contributed by atoms with Crippen molar-refractivity contribution >= 4 is 22.2 Å². The number of aromatic nitrogens is 3. The van der Waals surface area contributed by atoms with Gasteiger partial charge in [-0.25, -0.2) is 8.91 Å². The molecule has 5 rings (SSSR count). The van der Waals surface area contributed by atoms with Crippen molar-refractivity contribution in [3.63, 3.8) is 0 Å². The van der Waals surface area contributed by atoms with Gasteiger partial charge in [0.2, 0.25) is 0 Å². The summed E-state index contributed by atoms with van der Waals surface area (Å²) >= 11 is 0. The van der Waals surface area contributed by atoms with Crippen LogP contribution in [0.15, 0.2) is 83.8 Å². The Labute approximate surface area is 182 Å². The Hall–Kier alpha value is -4.26. The number of aromatic amines is 1. The molecule has 32 heavy (non-hydrogen) atoms. The molecule has 0 aliphatic rings. The average Bonchev–Trinajstić information content (AvgIpc) is 3.24. The number of rotatable bonds is 4. The van der Waals surface area contributed by atoms with Crippen molar-refractivity contribution in [1.29, 1.82) is 0 Å². The minimum absolute atomic E-state index is 0.125. The number of nitrogens with one attached hydrogen (secondary N) is 2. The van der Waals surface area contributed by atoms with Crippen LogP contribution in [0.4, 0.5) is 4.39 Å². The molecule has 1 amide bonds. The van der Waals surface area contributed by atoms with Crippen LogP contribution in [0.2, 0.25) is 0 Å². The van der Waals surface area contributed by atoms with Crippen LogP contribution >= 0.6 is 0 Å². The third-order valence-electron chi connectivity index (χ3n) is 5.48. The number of hydrogen-bond donors (Lipinski definition) is 2. The summed E-state index contributed by atoms with van der Waals surface area (Å²) in [6.07, 6.45) is 1.70. The first-order valence-electron chi connectivity index (χ1n) is 10.2. The van der Waals surface area contributed by atoms with Gasteiger partial charge in [-0.1, -0.05) is 48.5 Å². The SMILES string of the molecule is C[C@@H](NC(=O)c1cc2c(=O)[nH]c(-c3ccc4ccccc4c3)cn2n1)c1ccc(F)cc1. The van der Waals surface area contributed by atoms with E-state index in [0.717, 1.165) is 21.9 Å². The summed E-state index contributed by atoms with van der Waals surface area (Å²) in [7, 11) is 0. The second-order valence-electron chi connectivity index (χ2n) is 7.66. The summed E-state index contributed by atoms with van der Waals surface area (Å²) in [5.41, 5.74) is 2.26. The van der Waals surface area contributed by atoms with Gasteiger partial charge in [0.1, 0.15) is 11.3 Å². The summed E-state index contributed by atoms with van der Waals surface area (Å²) < 4.78 is 14.6. The van der Waals surface area contributed by atoms with E-state index in [1.165, 1.54) is 22.7 Å². The van der Waals surface area contributed by atoms with Crippen LogP contribution in [0.25, 0.3) is 27.5 Å². The van der Waals surface area contributed by atoms with Crippen molar-refractivity contribution in [2.24, 2.45) is 0 Å². The third-order valence-corrected chi connectivity index (χ3v) is 5.48. The Bertz CT molecular complexity index is 1520. The number of benzene rings is 3. The predicted octanol–water partition coefficient (Wildman–Crippen LogP) is 4.47. The monoisotopic (exact) mass is 426 g/mol. The van der Waals surface area contributed by atoms with Crippen LogP contribution < -0.4 is 10.9 Å². The Balaban J connectivity index is 1.45. The molecule has 0 fully saturated rings. The van der Waals surface area contributed by atoms with E-state index >= 15 is 0 Å². The lowest BCUT2D eigenvalue weighted by Gasteiger charge is -2.13. The molecule has 1 atom stereocenters. The minimum Gasteiger partial charge on any atom is -0.344 e. The number of fused-ring (bicyclic) bond motifs is 2. The highest BCUT2D eigenvalue weighted by Gasteiger charge is 2.17. The van der Waals surface area contributed by atoms with Crippen molar-refractivity contribution < 1.29 is 9.18 Å². The Kier molecular flexibility index (Phi) is 4.78. The molecule has 5 aromatic rings. The van der Waals surface area contributed by atoms with Gasteiger partial charge in [-0.2, -0.15) is 5.10 Å². The molecule has 3 aromatic carbocycles. The summed E-state index contributed by atoms with van der Waals surface area (Å²) in [4.78, 5) is 28.2. The highest BCUT2D eigenvalue weighted by molar-refractivity contribution is 5.94. The Morgan fingerprint density at radius 2 is 1.78 bits per heavy atom. The maximum atomic E-state index is 13.1. The van der Waals surface area contributed by atoms with Gasteiger partial charge in [-0.15, -0.1) is 0 Å². The molecule has 0 spiro atoms. The molecule has 7 heteroatoms. The largest absolute Gasteiger partial charge is 0.344 e.